The lowest BCUT2D eigenvalue weighted by molar-refractivity contribution is 0.0222. The van der Waals surface area contributed by atoms with Crippen LogP contribution in [-0.2, 0) is 11.3 Å². The van der Waals surface area contributed by atoms with E-state index in [9.17, 15) is 4.79 Å². The summed E-state index contributed by atoms with van der Waals surface area (Å²) >= 11 is 1.74. The van der Waals surface area contributed by atoms with Crippen molar-refractivity contribution in [3.63, 3.8) is 0 Å². The average Bonchev–Trinajstić information content (AvgIpc) is 3.35. The average molecular weight is 374 g/mol. The van der Waals surface area contributed by atoms with Gasteiger partial charge in [0, 0.05) is 43.8 Å². The molecule has 6 heteroatoms. The number of morpholine rings is 1. The second-order valence-corrected chi connectivity index (χ2v) is 8.31. The number of ether oxygens (including phenoxy) is 1. The molecule has 5 nitrogen and oxygen atoms in total. The molecule has 0 bridgehead atoms. The van der Waals surface area contributed by atoms with E-state index in [0.717, 1.165) is 64.6 Å². The normalized spacial score (nSPS) is 21.8. The number of hydrogen-bond acceptors (Lipinski definition) is 4. The predicted octanol–water partition coefficient (Wildman–Crippen LogP) is 2.78. The number of thiophene rings is 1. The minimum Gasteiger partial charge on any atom is -0.379 e. The van der Waals surface area contributed by atoms with Crippen molar-refractivity contribution < 1.29 is 9.53 Å². The number of piperidine rings is 1. The monoisotopic (exact) mass is 373 g/mol. The van der Waals surface area contributed by atoms with Crippen molar-refractivity contribution in [1.29, 1.82) is 0 Å². The van der Waals surface area contributed by atoms with E-state index in [-0.39, 0.29) is 5.91 Å². The maximum atomic E-state index is 13.1. The highest BCUT2D eigenvalue weighted by atomic mass is 32.1. The van der Waals surface area contributed by atoms with E-state index in [1.807, 2.05) is 18.3 Å². The summed E-state index contributed by atoms with van der Waals surface area (Å²) < 4.78 is 7.53. The summed E-state index contributed by atoms with van der Waals surface area (Å²) in [6, 6.07) is 8.13. The van der Waals surface area contributed by atoms with Crippen molar-refractivity contribution in [1.82, 2.24) is 14.4 Å². The first-order valence-electron chi connectivity index (χ1n) is 9.56. The molecule has 1 amide bonds. The Morgan fingerprint density at radius 2 is 2.08 bits per heavy atom. The van der Waals surface area contributed by atoms with E-state index < -0.39 is 0 Å². The smallest absolute Gasteiger partial charge is 0.270 e. The summed E-state index contributed by atoms with van der Waals surface area (Å²) in [5.74, 6) is 0.754. The maximum Gasteiger partial charge on any atom is 0.270 e. The van der Waals surface area contributed by atoms with Crippen molar-refractivity contribution in [2.75, 3.05) is 45.9 Å². The molecule has 2 aromatic rings. The molecule has 0 aromatic carbocycles. The van der Waals surface area contributed by atoms with Gasteiger partial charge >= 0.3 is 0 Å². The maximum absolute atomic E-state index is 13.1. The first kappa shape index (κ1) is 17.8. The van der Waals surface area contributed by atoms with Crippen molar-refractivity contribution in [3.05, 3.63) is 46.4 Å². The summed E-state index contributed by atoms with van der Waals surface area (Å²) in [7, 11) is 0. The fourth-order valence-electron chi connectivity index (χ4n) is 4.03. The Morgan fingerprint density at radius 1 is 1.19 bits per heavy atom. The second kappa shape index (κ2) is 8.37. The van der Waals surface area contributed by atoms with Crippen molar-refractivity contribution >= 4 is 17.2 Å². The molecule has 140 valence electrons. The van der Waals surface area contributed by atoms with Crippen LogP contribution in [0.15, 0.2) is 35.8 Å². The fourth-order valence-corrected chi connectivity index (χ4v) is 4.73. The topological polar surface area (TPSA) is 37.7 Å². The van der Waals surface area contributed by atoms with Gasteiger partial charge in [-0.15, -0.1) is 11.3 Å². The SMILES string of the molecule is O=C(c1cccn1Cc1cccs1)N1CCCC(CN2CCOCC2)C1. The molecule has 2 fully saturated rings. The standard InChI is InChI=1S/C20H27N3O2S/c24-20(19-6-2-7-22(19)16-18-5-3-13-26-18)23-8-1-4-17(15-23)14-21-9-11-25-12-10-21/h2-3,5-7,13,17H,1,4,8-12,14-16H2. The van der Waals surface area contributed by atoms with Gasteiger partial charge < -0.3 is 14.2 Å². The zero-order chi connectivity index (χ0) is 17.8. The Labute approximate surface area is 159 Å². The molecule has 2 saturated heterocycles. The molecule has 2 aromatic heterocycles. The van der Waals surface area contributed by atoms with Gasteiger partial charge in [0.15, 0.2) is 0 Å². The number of aromatic nitrogens is 1. The lowest BCUT2D eigenvalue weighted by atomic mass is 9.97. The lowest BCUT2D eigenvalue weighted by Crippen LogP contribution is -2.46. The van der Waals surface area contributed by atoms with E-state index in [4.69, 9.17) is 4.74 Å². The lowest BCUT2D eigenvalue weighted by Gasteiger charge is -2.36. The van der Waals surface area contributed by atoms with Gasteiger partial charge in [0.25, 0.3) is 5.91 Å². The third-order valence-electron chi connectivity index (χ3n) is 5.38. The largest absolute Gasteiger partial charge is 0.379 e. The van der Waals surface area contributed by atoms with Gasteiger partial charge in [-0.25, -0.2) is 0 Å². The zero-order valence-corrected chi connectivity index (χ0v) is 16.0. The zero-order valence-electron chi connectivity index (χ0n) is 15.2. The highest BCUT2D eigenvalue weighted by Crippen LogP contribution is 2.21. The Kier molecular flexibility index (Phi) is 5.72. The number of carbonyl (C=O) groups is 1. The summed E-state index contributed by atoms with van der Waals surface area (Å²) in [6.07, 6.45) is 4.34. The number of hydrogen-bond donors (Lipinski definition) is 0. The molecular formula is C20H27N3O2S. The van der Waals surface area contributed by atoms with Crippen LogP contribution in [0.3, 0.4) is 0 Å². The van der Waals surface area contributed by atoms with Crippen LogP contribution in [-0.4, -0.2) is 66.2 Å². The van der Waals surface area contributed by atoms with Crippen LogP contribution in [0.1, 0.15) is 28.2 Å². The molecular weight excluding hydrogens is 346 g/mol. The molecule has 2 aliphatic heterocycles. The summed E-state index contributed by atoms with van der Waals surface area (Å²) in [6.45, 7) is 7.34. The van der Waals surface area contributed by atoms with Crippen LogP contribution < -0.4 is 0 Å². The van der Waals surface area contributed by atoms with Gasteiger partial charge in [-0.05, 0) is 42.3 Å². The van der Waals surface area contributed by atoms with E-state index in [1.54, 1.807) is 11.3 Å². The van der Waals surface area contributed by atoms with Gasteiger partial charge in [-0.2, -0.15) is 0 Å². The van der Waals surface area contributed by atoms with Crippen LogP contribution in [0.4, 0.5) is 0 Å². The van der Waals surface area contributed by atoms with Crippen molar-refractivity contribution in [2.45, 2.75) is 19.4 Å². The minimum atomic E-state index is 0.179. The third kappa shape index (κ3) is 4.19. The first-order valence-corrected chi connectivity index (χ1v) is 10.4. The number of amides is 1. The van der Waals surface area contributed by atoms with Crippen LogP contribution >= 0.6 is 11.3 Å². The summed E-state index contributed by atoms with van der Waals surface area (Å²) in [5, 5.41) is 2.08. The number of carbonyl (C=O) groups excluding carboxylic acids is 1. The van der Waals surface area contributed by atoms with E-state index in [1.165, 1.54) is 11.3 Å². The van der Waals surface area contributed by atoms with E-state index in [2.05, 4.69) is 31.9 Å². The Bertz CT molecular complexity index is 706. The molecule has 1 unspecified atom stereocenters. The predicted molar refractivity (Wildman–Crippen MR) is 104 cm³/mol. The number of nitrogens with zero attached hydrogens (tertiary/aromatic N) is 3. The van der Waals surface area contributed by atoms with Gasteiger partial charge in [-0.3, -0.25) is 9.69 Å². The molecule has 2 aliphatic rings. The molecule has 0 radical (unpaired) electrons. The third-order valence-corrected chi connectivity index (χ3v) is 6.24. The molecule has 4 rings (SSSR count). The second-order valence-electron chi connectivity index (χ2n) is 7.27. The number of rotatable bonds is 5. The Morgan fingerprint density at radius 3 is 2.88 bits per heavy atom. The summed E-state index contributed by atoms with van der Waals surface area (Å²) in [5.41, 5.74) is 0.811. The summed E-state index contributed by atoms with van der Waals surface area (Å²) in [4.78, 5) is 19.0. The van der Waals surface area contributed by atoms with Gasteiger partial charge in [-0.1, -0.05) is 6.07 Å². The van der Waals surface area contributed by atoms with Crippen molar-refractivity contribution in [2.24, 2.45) is 5.92 Å². The fraction of sp³-hybridized carbons (Fsp3) is 0.550. The highest BCUT2D eigenvalue weighted by molar-refractivity contribution is 7.09. The quantitative estimate of drug-likeness (QED) is 0.809. The Balaban J connectivity index is 1.39. The van der Waals surface area contributed by atoms with Crippen LogP contribution in [0.5, 0.6) is 0 Å². The molecule has 0 saturated carbocycles. The number of likely N-dealkylation sites (tertiary alicyclic amines) is 1. The van der Waals surface area contributed by atoms with Crippen LogP contribution in [0, 0.1) is 5.92 Å². The van der Waals surface area contributed by atoms with Crippen LogP contribution in [0.25, 0.3) is 0 Å². The first-order chi connectivity index (χ1) is 12.8. The van der Waals surface area contributed by atoms with E-state index >= 15 is 0 Å². The van der Waals surface area contributed by atoms with Gasteiger partial charge in [0.1, 0.15) is 5.69 Å². The molecule has 26 heavy (non-hydrogen) atoms. The molecule has 4 heterocycles. The highest BCUT2D eigenvalue weighted by Gasteiger charge is 2.27. The van der Waals surface area contributed by atoms with Crippen molar-refractivity contribution in [3.8, 4) is 0 Å². The molecule has 1 atom stereocenters. The minimum absolute atomic E-state index is 0.179. The molecule has 0 N–H and O–H groups in total. The van der Waals surface area contributed by atoms with Gasteiger partial charge in [0.2, 0.25) is 0 Å². The van der Waals surface area contributed by atoms with Gasteiger partial charge in [0.05, 0.1) is 19.8 Å². The molecule has 0 spiro atoms. The van der Waals surface area contributed by atoms with Crippen LogP contribution in [0.2, 0.25) is 0 Å². The molecule has 0 aliphatic carbocycles. The Hall–Kier alpha value is -1.63. The van der Waals surface area contributed by atoms with E-state index in [0.29, 0.717) is 5.92 Å².